The molecule has 238 valence electrons. The first-order valence-electron chi connectivity index (χ1n) is 15.6. The molecule has 0 aromatic rings. The average molecular weight is 569 g/mol. The third kappa shape index (κ3) is 10.9. The SMILES string of the molecule is CCC(C)(CCC(C)(CC)C(=O)OC(C)CC(C)(C)N(C)C(C)(C)C)C(=O)OC(C)CC(C)(C)N(C)C(C)(C)C. The van der Waals surface area contributed by atoms with Gasteiger partial charge in [-0.1, -0.05) is 13.8 Å². The normalized spacial score (nSPS) is 18.2. The van der Waals surface area contributed by atoms with Crippen LogP contribution >= 0.6 is 0 Å². The minimum Gasteiger partial charge on any atom is -0.462 e. The van der Waals surface area contributed by atoms with Gasteiger partial charge in [0.05, 0.1) is 10.8 Å². The lowest BCUT2D eigenvalue weighted by molar-refractivity contribution is -0.167. The molecule has 6 heteroatoms. The van der Waals surface area contributed by atoms with E-state index in [1.165, 1.54) is 0 Å². The monoisotopic (exact) mass is 569 g/mol. The Hall–Kier alpha value is -1.14. The van der Waals surface area contributed by atoms with Gasteiger partial charge >= 0.3 is 11.9 Å². The van der Waals surface area contributed by atoms with E-state index in [9.17, 15) is 9.59 Å². The zero-order valence-electron chi connectivity index (χ0n) is 29.9. The largest absolute Gasteiger partial charge is 0.462 e. The van der Waals surface area contributed by atoms with Crippen molar-refractivity contribution >= 4 is 11.9 Å². The number of rotatable bonds is 15. The molecule has 0 bridgehead atoms. The van der Waals surface area contributed by atoms with E-state index in [1.54, 1.807) is 0 Å². The first-order valence-corrected chi connectivity index (χ1v) is 15.6. The molecule has 0 radical (unpaired) electrons. The minimum atomic E-state index is -0.659. The predicted molar refractivity (Wildman–Crippen MR) is 170 cm³/mol. The lowest BCUT2D eigenvalue weighted by Gasteiger charge is -2.46. The molecule has 0 aliphatic heterocycles. The van der Waals surface area contributed by atoms with Gasteiger partial charge in [-0.2, -0.15) is 0 Å². The van der Waals surface area contributed by atoms with Crippen molar-refractivity contribution in [3.05, 3.63) is 0 Å². The summed E-state index contributed by atoms with van der Waals surface area (Å²) in [5.41, 5.74) is -1.54. The summed E-state index contributed by atoms with van der Waals surface area (Å²) in [6, 6.07) is 0. The van der Waals surface area contributed by atoms with Crippen molar-refractivity contribution in [2.75, 3.05) is 14.1 Å². The van der Waals surface area contributed by atoms with Gasteiger partial charge in [0.1, 0.15) is 12.2 Å². The molecular formula is C34H68N2O4. The Labute approximate surface area is 249 Å². The van der Waals surface area contributed by atoms with Crippen LogP contribution in [0.1, 0.15) is 149 Å². The second-order valence-corrected chi connectivity index (χ2v) is 16.3. The second-order valence-electron chi connectivity index (χ2n) is 16.3. The second kappa shape index (κ2) is 13.9. The van der Waals surface area contributed by atoms with Crippen molar-refractivity contribution in [2.24, 2.45) is 10.8 Å². The molecular weight excluding hydrogens is 500 g/mol. The molecule has 0 N–H and O–H groups in total. The van der Waals surface area contributed by atoms with Crippen LogP contribution in [0, 0.1) is 10.8 Å². The van der Waals surface area contributed by atoms with E-state index >= 15 is 0 Å². The fraction of sp³-hybridized carbons (Fsp3) is 0.941. The van der Waals surface area contributed by atoms with E-state index in [0.29, 0.717) is 25.7 Å². The maximum Gasteiger partial charge on any atom is 0.312 e. The predicted octanol–water partition coefficient (Wildman–Crippen LogP) is 8.26. The Balaban J connectivity index is 5.40. The zero-order valence-corrected chi connectivity index (χ0v) is 29.9. The van der Waals surface area contributed by atoms with Gasteiger partial charge in [0.25, 0.3) is 0 Å². The number of carbonyl (C=O) groups is 2. The lowest BCUT2D eigenvalue weighted by atomic mass is 9.74. The number of carbonyl (C=O) groups excluding carboxylic acids is 2. The van der Waals surface area contributed by atoms with Crippen LogP contribution in [0.3, 0.4) is 0 Å². The van der Waals surface area contributed by atoms with Crippen LogP contribution in [0.4, 0.5) is 0 Å². The molecule has 0 saturated heterocycles. The van der Waals surface area contributed by atoms with E-state index < -0.39 is 10.8 Å². The fourth-order valence-corrected chi connectivity index (χ4v) is 5.63. The molecule has 0 fully saturated rings. The Bertz CT molecular complexity index is 755. The van der Waals surface area contributed by atoms with Crippen molar-refractivity contribution in [1.29, 1.82) is 0 Å². The van der Waals surface area contributed by atoms with Gasteiger partial charge in [-0.15, -0.1) is 0 Å². The van der Waals surface area contributed by atoms with Crippen LogP contribution in [0.5, 0.6) is 0 Å². The Morgan fingerprint density at radius 2 is 0.825 bits per heavy atom. The molecule has 0 aromatic carbocycles. The van der Waals surface area contributed by atoms with Crippen LogP contribution in [0.25, 0.3) is 0 Å². The van der Waals surface area contributed by atoms with Gasteiger partial charge in [0.2, 0.25) is 0 Å². The summed E-state index contributed by atoms with van der Waals surface area (Å²) in [6.07, 6.45) is 3.52. The highest BCUT2D eigenvalue weighted by molar-refractivity contribution is 5.78. The van der Waals surface area contributed by atoms with Gasteiger partial charge < -0.3 is 9.47 Å². The van der Waals surface area contributed by atoms with E-state index in [0.717, 1.165) is 12.8 Å². The molecule has 0 saturated carbocycles. The summed E-state index contributed by atoms with van der Waals surface area (Å²) >= 11 is 0. The van der Waals surface area contributed by atoms with Gasteiger partial charge in [0.15, 0.2) is 0 Å². The quantitative estimate of drug-likeness (QED) is 0.185. The van der Waals surface area contributed by atoms with Crippen molar-refractivity contribution in [2.45, 2.75) is 184 Å². The van der Waals surface area contributed by atoms with Gasteiger partial charge in [-0.25, -0.2) is 0 Å². The highest BCUT2D eigenvalue weighted by Crippen LogP contribution is 2.39. The van der Waals surface area contributed by atoms with Crippen LogP contribution < -0.4 is 0 Å². The highest BCUT2D eigenvalue weighted by atomic mass is 16.5. The van der Waals surface area contributed by atoms with Crippen LogP contribution in [-0.4, -0.2) is 70.2 Å². The first-order chi connectivity index (χ1) is 17.7. The zero-order chi connectivity index (χ0) is 32.1. The number of ether oxygens (including phenoxy) is 2. The maximum absolute atomic E-state index is 13.5. The molecule has 0 aliphatic rings. The number of nitrogens with zero attached hydrogens (tertiary/aromatic N) is 2. The third-order valence-corrected chi connectivity index (χ3v) is 9.79. The van der Waals surface area contributed by atoms with Crippen LogP contribution in [-0.2, 0) is 19.1 Å². The minimum absolute atomic E-state index is 0.0140. The molecule has 0 amide bonds. The van der Waals surface area contributed by atoms with Crippen LogP contribution in [0.2, 0.25) is 0 Å². The average Bonchev–Trinajstić information content (AvgIpc) is 2.78. The Morgan fingerprint density at radius 3 is 1.02 bits per heavy atom. The van der Waals surface area contributed by atoms with Gasteiger partial charge in [0, 0.05) is 35.0 Å². The lowest BCUT2D eigenvalue weighted by Crippen LogP contribution is -2.53. The summed E-state index contributed by atoms with van der Waals surface area (Å²) in [5, 5.41) is 0. The molecule has 6 nitrogen and oxygen atoms in total. The first kappa shape index (κ1) is 38.9. The topological polar surface area (TPSA) is 59.1 Å². The summed E-state index contributed by atoms with van der Waals surface area (Å²) in [6.45, 7) is 33.9. The molecule has 4 atom stereocenters. The van der Waals surface area contributed by atoms with Crippen LogP contribution in [0.15, 0.2) is 0 Å². The molecule has 0 spiro atoms. The molecule has 40 heavy (non-hydrogen) atoms. The van der Waals surface area contributed by atoms with Gasteiger partial charge in [-0.05, 0) is 137 Å². The van der Waals surface area contributed by atoms with Crippen molar-refractivity contribution in [1.82, 2.24) is 9.80 Å². The number of hydrogen-bond donors (Lipinski definition) is 0. The van der Waals surface area contributed by atoms with Crippen molar-refractivity contribution in [3.8, 4) is 0 Å². The summed E-state index contributed by atoms with van der Waals surface area (Å²) in [5.74, 6) is -0.354. The molecule has 0 aliphatic carbocycles. The Kier molecular flexibility index (Phi) is 13.5. The molecule has 0 heterocycles. The summed E-state index contributed by atoms with van der Waals surface area (Å²) in [4.78, 5) is 31.6. The van der Waals surface area contributed by atoms with E-state index in [2.05, 4.69) is 93.1 Å². The summed E-state index contributed by atoms with van der Waals surface area (Å²) in [7, 11) is 4.25. The standard InChI is InChI=1S/C34H68N2O4/c1-19-33(15,27(37)39-25(3)23-31(11,12)35(17)29(5,6)7)21-22-34(16,20-2)28(38)40-26(4)24-32(13,14)36(18)30(8,9)10/h25-26H,19-24H2,1-18H3. The maximum atomic E-state index is 13.5. The number of hydrogen-bond acceptors (Lipinski definition) is 6. The molecule has 0 aromatic heterocycles. The fourth-order valence-electron chi connectivity index (χ4n) is 5.63. The Morgan fingerprint density at radius 1 is 0.575 bits per heavy atom. The molecule has 0 rings (SSSR count). The van der Waals surface area contributed by atoms with E-state index in [1.807, 2.05) is 41.5 Å². The third-order valence-electron chi connectivity index (χ3n) is 9.79. The number of esters is 2. The van der Waals surface area contributed by atoms with Crippen molar-refractivity contribution < 1.29 is 19.1 Å². The molecule has 4 unspecified atom stereocenters. The van der Waals surface area contributed by atoms with E-state index in [4.69, 9.17) is 9.47 Å². The van der Waals surface area contributed by atoms with Gasteiger partial charge in [-0.3, -0.25) is 19.4 Å². The highest BCUT2D eigenvalue weighted by Gasteiger charge is 2.42. The van der Waals surface area contributed by atoms with Crippen molar-refractivity contribution in [3.63, 3.8) is 0 Å². The van der Waals surface area contributed by atoms with E-state index in [-0.39, 0.29) is 46.3 Å². The summed E-state index contributed by atoms with van der Waals surface area (Å²) < 4.78 is 12.1. The smallest absolute Gasteiger partial charge is 0.312 e.